The minimum atomic E-state index is -0.222. The number of fused-ring (bicyclic) bond motifs is 1. The fourth-order valence-electron chi connectivity index (χ4n) is 4.88. The quantitative estimate of drug-likeness (QED) is 0.544. The number of aryl methyl sites for hydroxylation is 1. The first kappa shape index (κ1) is 21.9. The molecule has 5 rings (SSSR count). The van der Waals surface area contributed by atoms with Crippen LogP contribution in [0, 0.1) is 6.92 Å². The van der Waals surface area contributed by atoms with Crippen molar-refractivity contribution in [1.82, 2.24) is 9.78 Å². The van der Waals surface area contributed by atoms with Gasteiger partial charge in [-0.15, -0.1) is 0 Å². The maximum Gasteiger partial charge on any atom is 0.277 e. The van der Waals surface area contributed by atoms with E-state index >= 15 is 0 Å². The number of carbonyl (C=O) groups excluding carboxylic acids is 3. The molecule has 0 atom stereocenters. The highest BCUT2D eigenvalue weighted by Gasteiger charge is 2.35. The van der Waals surface area contributed by atoms with Crippen molar-refractivity contribution >= 4 is 29.0 Å². The molecule has 0 N–H and O–H groups in total. The lowest BCUT2D eigenvalue weighted by atomic mass is 10.00. The molecule has 0 aliphatic carbocycles. The Kier molecular flexibility index (Phi) is 5.43. The van der Waals surface area contributed by atoms with Gasteiger partial charge in [0.1, 0.15) is 22.8 Å². The third-order valence-electron chi connectivity index (χ3n) is 6.52. The van der Waals surface area contributed by atoms with Gasteiger partial charge in [0.15, 0.2) is 5.78 Å². The molecular formula is C26H26N4O4. The number of amides is 2. The van der Waals surface area contributed by atoms with Crippen molar-refractivity contribution in [3.63, 3.8) is 0 Å². The highest BCUT2D eigenvalue weighted by Crippen LogP contribution is 2.34. The van der Waals surface area contributed by atoms with Crippen molar-refractivity contribution in [3.05, 3.63) is 65.0 Å². The zero-order chi connectivity index (χ0) is 24.0. The highest BCUT2D eigenvalue weighted by atomic mass is 16.5. The summed E-state index contributed by atoms with van der Waals surface area (Å²) in [6.07, 6.45) is 1.94. The van der Waals surface area contributed by atoms with Crippen LogP contribution in [0.25, 0.3) is 5.69 Å². The van der Waals surface area contributed by atoms with E-state index in [1.54, 1.807) is 23.0 Å². The van der Waals surface area contributed by atoms with E-state index in [0.717, 1.165) is 29.9 Å². The fraction of sp³-hybridized carbons (Fsp3) is 0.308. The van der Waals surface area contributed by atoms with Gasteiger partial charge >= 0.3 is 0 Å². The van der Waals surface area contributed by atoms with E-state index in [1.165, 1.54) is 11.6 Å². The first-order chi connectivity index (χ1) is 16.4. The lowest BCUT2D eigenvalue weighted by Crippen LogP contribution is -2.39. The number of anilines is 2. The lowest BCUT2D eigenvalue weighted by Gasteiger charge is -2.30. The Balaban J connectivity index is 1.58. The van der Waals surface area contributed by atoms with Crippen LogP contribution in [0.15, 0.2) is 42.5 Å². The summed E-state index contributed by atoms with van der Waals surface area (Å²) >= 11 is 0. The minimum Gasteiger partial charge on any atom is -0.494 e. The van der Waals surface area contributed by atoms with Gasteiger partial charge in [-0.05, 0) is 55.7 Å². The monoisotopic (exact) mass is 458 g/mol. The smallest absolute Gasteiger partial charge is 0.277 e. The van der Waals surface area contributed by atoms with Crippen LogP contribution < -0.4 is 14.5 Å². The number of rotatable bonds is 5. The summed E-state index contributed by atoms with van der Waals surface area (Å²) in [5.41, 5.74) is 4.49. The van der Waals surface area contributed by atoms with Crippen molar-refractivity contribution in [3.8, 4) is 11.4 Å². The number of carbonyl (C=O) groups is 3. The van der Waals surface area contributed by atoms with Gasteiger partial charge in [0.2, 0.25) is 5.91 Å². The summed E-state index contributed by atoms with van der Waals surface area (Å²) in [5, 5.41) is 4.54. The second-order valence-corrected chi connectivity index (χ2v) is 8.64. The minimum absolute atomic E-state index is 0.128. The number of hydrogen-bond acceptors (Lipinski definition) is 5. The average Bonchev–Trinajstić information content (AvgIpc) is 3.44. The van der Waals surface area contributed by atoms with Gasteiger partial charge in [-0.3, -0.25) is 14.4 Å². The van der Waals surface area contributed by atoms with E-state index in [1.807, 2.05) is 43.3 Å². The van der Waals surface area contributed by atoms with Crippen LogP contribution in [0.3, 0.4) is 0 Å². The Morgan fingerprint density at radius 2 is 1.79 bits per heavy atom. The van der Waals surface area contributed by atoms with Gasteiger partial charge < -0.3 is 14.5 Å². The van der Waals surface area contributed by atoms with Crippen molar-refractivity contribution in [2.24, 2.45) is 0 Å². The fourth-order valence-corrected chi connectivity index (χ4v) is 4.88. The van der Waals surface area contributed by atoms with Crippen LogP contribution in [0.2, 0.25) is 0 Å². The van der Waals surface area contributed by atoms with Gasteiger partial charge in [0.25, 0.3) is 5.91 Å². The first-order valence-corrected chi connectivity index (χ1v) is 11.4. The predicted octanol–water partition coefficient (Wildman–Crippen LogP) is 3.72. The highest BCUT2D eigenvalue weighted by molar-refractivity contribution is 6.10. The summed E-state index contributed by atoms with van der Waals surface area (Å²) in [4.78, 5) is 41.9. The Bertz CT molecular complexity index is 1330. The third-order valence-corrected chi connectivity index (χ3v) is 6.52. The van der Waals surface area contributed by atoms with Crippen LogP contribution in [-0.2, 0) is 11.2 Å². The number of para-hydroxylation sites is 2. The number of ketones is 1. The summed E-state index contributed by atoms with van der Waals surface area (Å²) in [5.74, 6) is 0.286. The number of ether oxygens (including phenoxy) is 1. The molecule has 0 spiro atoms. The van der Waals surface area contributed by atoms with Gasteiger partial charge in [-0.1, -0.05) is 12.1 Å². The Hall–Kier alpha value is -3.94. The van der Waals surface area contributed by atoms with Crippen LogP contribution in [0.1, 0.15) is 51.9 Å². The van der Waals surface area contributed by atoms with Crippen molar-refractivity contribution in [2.45, 2.75) is 33.1 Å². The molecule has 3 heterocycles. The van der Waals surface area contributed by atoms with Crippen LogP contribution in [0.4, 0.5) is 11.4 Å². The molecular weight excluding hydrogens is 432 g/mol. The SMILES string of the molecule is COc1ccccc1-n1nc(C(C)=O)c2c1C(=O)N(c1ccc(N3CCCC3=O)cc1C)CC2. The van der Waals surface area contributed by atoms with E-state index in [-0.39, 0.29) is 17.6 Å². The van der Waals surface area contributed by atoms with Gasteiger partial charge in [-0.2, -0.15) is 5.10 Å². The van der Waals surface area contributed by atoms with Gasteiger partial charge in [0, 0.05) is 43.4 Å². The molecule has 2 amide bonds. The molecule has 3 aromatic rings. The number of nitrogens with zero attached hydrogens (tertiary/aromatic N) is 4. The molecule has 0 saturated carbocycles. The standard InChI is InChI=1S/C26H26N4O4/c1-16-15-18(28-13-6-9-23(28)32)10-11-20(16)29-14-12-19-24(17(2)31)27-30(25(19)26(29)33)21-7-4-5-8-22(21)34-3/h4-5,7-8,10-11,15H,6,9,12-14H2,1-3H3. The second-order valence-electron chi connectivity index (χ2n) is 8.64. The van der Waals surface area contributed by atoms with Crippen molar-refractivity contribution in [1.29, 1.82) is 0 Å². The Labute approximate surface area is 197 Å². The zero-order valence-electron chi connectivity index (χ0n) is 19.5. The van der Waals surface area contributed by atoms with E-state index in [4.69, 9.17) is 4.74 Å². The molecule has 174 valence electrons. The largest absolute Gasteiger partial charge is 0.494 e. The number of methoxy groups -OCH3 is 1. The van der Waals surface area contributed by atoms with Crippen LogP contribution >= 0.6 is 0 Å². The molecule has 0 bridgehead atoms. The first-order valence-electron chi connectivity index (χ1n) is 11.4. The normalized spacial score (nSPS) is 15.6. The molecule has 1 fully saturated rings. The maximum absolute atomic E-state index is 13.8. The van der Waals surface area contributed by atoms with E-state index < -0.39 is 0 Å². The summed E-state index contributed by atoms with van der Waals surface area (Å²) < 4.78 is 7.03. The zero-order valence-corrected chi connectivity index (χ0v) is 19.5. The molecule has 34 heavy (non-hydrogen) atoms. The van der Waals surface area contributed by atoms with Crippen LogP contribution in [0.5, 0.6) is 5.75 Å². The lowest BCUT2D eigenvalue weighted by molar-refractivity contribution is -0.117. The topological polar surface area (TPSA) is 84.7 Å². The summed E-state index contributed by atoms with van der Waals surface area (Å²) in [6, 6.07) is 13.0. The second kappa shape index (κ2) is 8.44. The molecule has 0 radical (unpaired) electrons. The third kappa shape index (κ3) is 3.46. The molecule has 2 aliphatic heterocycles. The van der Waals surface area contributed by atoms with E-state index in [0.29, 0.717) is 47.8 Å². The molecule has 2 aromatic carbocycles. The number of Topliss-reactive ketones (excluding diaryl/α,β-unsaturated/α-hetero) is 1. The molecule has 8 heteroatoms. The van der Waals surface area contributed by atoms with Crippen molar-refractivity contribution < 1.29 is 19.1 Å². The maximum atomic E-state index is 13.8. The predicted molar refractivity (Wildman–Crippen MR) is 128 cm³/mol. The average molecular weight is 459 g/mol. The molecule has 1 saturated heterocycles. The summed E-state index contributed by atoms with van der Waals surface area (Å²) in [6.45, 7) is 4.57. The van der Waals surface area contributed by atoms with Gasteiger partial charge in [0.05, 0.1) is 7.11 Å². The van der Waals surface area contributed by atoms with E-state index in [9.17, 15) is 14.4 Å². The Morgan fingerprint density at radius 3 is 2.47 bits per heavy atom. The van der Waals surface area contributed by atoms with Gasteiger partial charge in [-0.25, -0.2) is 4.68 Å². The molecule has 0 unspecified atom stereocenters. The number of benzene rings is 2. The van der Waals surface area contributed by atoms with E-state index in [2.05, 4.69) is 5.10 Å². The molecule has 2 aliphatic rings. The molecule has 8 nitrogen and oxygen atoms in total. The van der Waals surface area contributed by atoms with Crippen LogP contribution in [-0.4, -0.2) is 47.6 Å². The molecule has 1 aromatic heterocycles. The number of hydrogen-bond donors (Lipinski definition) is 0. The Morgan fingerprint density at radius 1 is 1.00 bits per heavy atom. The summed E-state index contributed by atoms with van der Waals surface area (Å²) in [7, 11) is 1.56. The number of aromatic nitrogens is 2. The van der Waals surface area contributed by atoms with Crippen molar-refractivity contribution in [2.75, 3.05) is 30.0 Å².